The molecule has 0 bridgehead atoms. The summed E-state index contributed by atoms with van der Waals surface area (Å²) in [6, 6.07) is 18.4. The van der Waals surface area contributed by atoms with E-state index in [0.717, 1.165) is 43.0 Å². The maximum Gasteiger partial charge on any atom is 0.222 e. The summed E-state index contributed by atoms with van der Waals surface area (Å²) in [6.07, 6.45) is 15.9. The van der Waals surface area contributed by atoms with Gasteiger partial charge in [-0.15, -0.1) is 0 Å². The van der Waals surface area contributed by atoms with Crippen LogP contribution in [0.15, 0.2) is 65.2 Å². The molecule has 1 atom stereocenters. The number of nitrogens with zero attached hydrogens (tertiary/aromatic N) is 2. The molecule has 0 N–H and O–H groups in total. The van der Waals surface area contributed by atoms with Gasteiger partial charge >= 0.3 is 0 Å². The Balaban J connectivity index is 1.42. The second kappa shape index (κ2) is 13.3. The monoisotopic (exact) mass is 460 g/mol. The van der Waals surface area contributed by atoms with E-state index in [1.165, 1.54) is 51.4 Å². The normalized spacial score (nSPS) is 20.9. The summed E-state index contributed by atoms with van der Waals surface area (Å²) in [5.74, 6) is 3.05. The van der Waals surface area contributed by atoms with Gasteiger partial charge in [-0.3, -0.25) is 4.79 Å². The molecule has 1 unspecified atom stereocenters. The van der Waals surface area contributed by atoms with Gasteiger partial charge in [0.15, 0.2) is 5.89 Å². The first-order valence-corrected chi connectivity index (χ1v) is 13.4. The first kappa shape index (κ1) is 24.5. The largest absolute Gasteiger partial charge is 0.445 e. The summed E-state index contributed by atoms with van der Waals surface area (Å²) in [7, 11) is 0. The maximum atomic E-state index is 12.9. The molecule has 0 spiro atoms. The van der Waals surface area contributed by atoms with Crippen LogP contribution in [0.4, 0.5) is 0 Å². The zero-order valence-corrected chi connectivity index (χ0v) is 20.5. The van der Waals surface area contributed by atoms with Crippen LogP contribution in [0, 0.1) is 0 Å². The lowest BCUT2D eigenvalue weighted by atomic mass is 9.95. The minimum absolute atomic E-state index is 0.253. The minimum atomic E-state index is 0.253. The van der Waals surface area contributed by atoms with Crippen molar-refractivity contribution in [2.75, 3.05) is 6.54 Å². The number of amides is 1. The van der Waals surface area contributed by atoms with Crippen molar-refractivity contribution in [2.24, 2.45) is 0 Å². The zero-order chi connectivity index (χ0) is 23.4. The van der Waals surface area contributed by atoms with Crippen molar-refractivity contribution in [1.82, 2.24) is 9.88 Å². The highest BCUT2D eigenvalue weighted by atomic mass is 16.4. The molecule has 1 saturated heterocycles. The van der Waals surface area contributed by atoms with Crippen LogP contribution in [0.3, 0.4) is 0 Å². The average molecular weight is 461 g/mol. The average Bonchev–Trinajstić information content (AvgIpc) is 3.36. The predicted octanol–water partition coefficient (Wildman–Crippen LogP) is 7.70. The zero-order valence-electron chi connectivity index (χ0n) is 20.5. The van der Waals surface area contributed by atoms with Crippen LogP contribution in [0.2, 0.25) is 0 Å². The Hall–Kier alpha value is -2.62. The molecular formula is C30H40N2O2. The molecule has 2 aromatic rings. The van der Waals surface area contributed by atoms with Crippen LogP contribution >= 0.6 is 0 Å². The lowest BCUT2D eigenvalue weighted by Crippen LogP contribution is -2.33. The van der Waals surface area contributed by atoms with Crippen molar-refractivity contribution in [3.05, 3.63) is 78.0 Å². The topological polar surface area (TPSA) is 46.3 Å². The summed E-state index contributed by atoms with van der Waals surface area (Å²) in [6.45, 7) is 1.39. The molecule has 1 aliphatic heterocycles. The van der Waals surface area contributed by atoms with Crippen LogP contribution in [0.25, 0.3) is 0 Å². The van der Waals surface area contributed by atoms with E-state index >= 15 is 0 Å². The molecule has 2 fully saturated rings. The Morgan fingerprint density at radius 2 is 1.38 bits per heavy atom. The Labute approximate surface area is 205 Å². The fourth-order valence-corrected chi connectivity index (χ4v) is 5.31. The highest BCUT2D eigenvalue weighted by Gasteiger charge is 2.26. The van der Waals surface area contributed by atoms with E-state index in [4.69, 9.17) is 9.40 Å². The van der Waals surface area contributed by atoms with E-state index in [-0.39, 0.29) is 5.91 Å². The van der Waals surface area contributed by atoms with Crippen LogP contribution in [0.5, 0.6) is 0 Å². The van der Waals surface area contributed by atoms with Crippen LogP contribution in [-0.4, -0.2) is 22.3 Å². The van der Waals surface area contributed by atoms with Crippen molar-refractivity contribution in [1.29, 1.82) is 0 Å². The molecule has 2 heterocycles. The molecule has 4 nitrogen and oxygen atoms in total. The summed E-state index contributed by atoms with van der Waals surface area (Å²) >= 11 is 0. The van der Waals surface area contributed by atoms with Crippen molar-refractivity contribution < 1.29 is 9.21 Å². The second-order valence-electron chi connectivity index (χ2n) is 9.94. The lowest BCUT2D eigenvalue weighted by Gasteiger charge is -2.27. The number of hydrogen-bond acceptors (Lipinski definition) is 3. The molecule has 1 aliphatic carbocycles. The summed E-state index contributed by atoms with van der Waals surface area (Å²) < 4.78 is 6.40. The van der Waals surface area contributed by atoms with Crippen molar-refractivity contribution in [3.8, 4) is 0 Å². The molecule has 4 rings (SSSR count). The third-order valence-corrected chi connectivity index (χ3v) is 7.35. The van der Waals surface area contributed by atoms with Gasteiger partial charge in [0.1, 0.15) is 5.76 Å². The van der Waals surface area contributed by atoms with Crippen molar-refractivity contribution >= 4 is 5.91 Å². The first-order valence-electron chi connectivity index (χ1n) is 13.4. The van der Waals surface area contributed by atoms with Gasteiger partial charge in [-0.25, -0.2) is 4.98 Å². The predicted molar refractivity (Wildman–Crippen MR) is 137 cm³/mol. The lowest BCUT2D eigenvalue weighted by molar-refractivity contribution is -0.132. The van der Waals surface area contributed by atoms with E-state index < -0.39 is 0 Å². The van der Waals surface area contributed by atoms with Gasteiger partial charge in [0, 0.05) is 31.3 Å². The maximum absolute atomic E-state index is 12.9. The van der Waals surface area contributed by atoms with E-state index in [9.17, 15) is 4.79 Å². The van der Waals surface area contributed by atoms with Crippen molar-refractivity contribution in [3.63, 3.8) is 0 Å². The summed E-state index contributed by atoms with van der Waals surface area (Å²) in [5, 5.41) is 0. The number of carbonyl (C=O) groups excluding carboxylic acids is 1. The van der Waals surface area contributed by atoms with Gasteiger partial charge in [0.05, 0.1) is 6.20 Å². The van der Waals surface area contributed by atoms with E-state index in [2.05, 4.69) is 12.1 Å². The Kier molecular flexibility index (Phi) is 9.60. The summed E-state index contributed by atoms with van der Waals surface area (Å²) in [4.78, 5) is 19.6. The van der Waals surface area contributed by atoms with E-state index in [0.29, 0.717) is 24.8 Å². The molecule has 1 saturated carbocycles. The molecular weight excluding hydrogens is 420 g/mol. The molecule has 1 aromatic carbocycles. The third-order valence-electron chi connectivity index (χ3n) is 7.35. The first-order chi connectivity index (χ1) is 16.8. The van der Waals surface area contributed by atoms with Crippen molar-refractivity contribution in [2.45, 2.75) is 95.4 Å². The second-order valence-corrected chi connectivity index (χ2v) is 9.94. The molecule has 182 valence electrons. The number of rotatable bonds is 4. The highest BCUT2D eigenvalue weighted by Crippen LogP contribution is 2.34. The molecule has 1 amide bonds. The number of oxazole rings is 1. The Morgan fingerprint density at radius 1 is 0.765 bits per heavy atom. The smallest absolute Gasteiger partial charge is 0.222 e. The fourth-order valence-electron chi connectivity index (χ4n) is 5.31. The van der Waals surface area contributed by atoms with Gasteiger partial charge in [-0.2, -0.15) is 0 Å². The number of hydrogen-bond donors (Lipinski definition) is 0. The van der Waals surface area contributed by atoms with Gasteiger partial charge in [0.2, 0.25) is 5.91 Å². The molecule has 34 heavy (non-hydrogen) atoms. The van der Waals surface area contributed by atoms with E-state index in [1.807, 2.05) is 53.6 Å². The molecule has 1 aromatic heterocycles. The SMILES string of the molecule is O=C1CCCC(c2ncc(C3CCCCCCCC3)o2)CCN1Cc1ccccccccc1. The van der Waals surface area contributed by atoms with E-state index in [1.54, 1.807) is 0 Å². The Morgan fingerprint density at radius 3 is 2.09 bits per heavy atom. The van der Waals surface area contributed by atoms with Gasteiger partial charge in [0.25, 0.3) is 0 Å². The fraction of sp³-hybridized carbons (Fsp3) is 0.533. The highest BCUT2D eigenvalue weighted by molar-refractivity contribution is 5.76. The minimum Gasteiger partial charge on any atom is -0.445 e. The Bertz CT molecular complexity index is 917. The molecule has 0 radical (unpaired) electrons. The van der Waals surface area contributed by atoms with Crippen LogP contribution in [-0.2, 0) is 11.3 Å². The number of carbonyl (C=O) groups is 1. The third kappa shape index (κ3) is 7.44. The van der Waals surface area contributed by atoms with Crippen LogP contribution in [0.1, 0.15) is 106 Å². The molecule has 2 aliphatic rings. The number of aromatic nitrogens is 1. The standard InChI is InChI=1S/C30H40N2O2/c33-29-20-14-19-27(21-22-32(29)24-25-15-10-6-2-1-3-7-11-16-25)30-31-23-28(34-30)26-17-12-8-4-5-9-13-18-26/h1-3,6-7,10-11,15-16,23,26-27H,4-5,8-9,12-14,17-22,24H2. The van der Waals surface area contributed by atoms with Gasteiger partial charge in [-0.1, -0.05) is 93.1 Å². The van der Waals surface area contributed by atoms with Crippen LogP contribution < -0.4 is 0 Å². The summed E-state index contributed by atoms with van der Waals surface area (Å²) in [5.41, 5.74) is 1.14. The molecule has 4 heteroatoms. The number of likely N-dealkylation sites (tertiary alicyclic amines) is 1. The van der Waals surface area contributed by atoms with Gasteiger partial charge < -0.3 is 9.32 Å². The quantitative estimate of drug-likeness (QED) is 0.469. The van der Waals surface area contributed by atoms with Gasteiger partial charge in [-0.05, 0) is 37.7 Å².